The molecule has 86 valence electrons. The molecule has 0 unspecified atom stereocenters. The van der Waals surface area contributed by atoms with E-state index in [2.05, 4.69) is 30.6 Å². The zero-order valence-electron chi connectivity index (χ0n) is 8.51. The lowest BCUT2D eigenvalue weighted by molar-refractivity contribution is 0.0859. The third kappa shape index (κ3) is 1.92. The van der Waals surface area contributed by atoms with Gasteiger partial charge in [0, 0.05) is 16.0 Å². The van der Waals surface area contributed by atoms with E-state index in [9.17, 15) is 9.59 Å². The van der Waals surface area contributed by atoms with Crippen molar-refractivity contribution in [3.8, 4) is 0 Å². The van der Waals surface area contributed by atoms with Crippen molar-refractivity contribution in [3.63, 3.8) is 0 Å². The van der Waals surface area contributed by atoms with Crippen LogP contribution in [0.4, 0.5) is 0 Å². The van der Waals surface area contributed by atoms with Gasteiger partial charge in [0.1, 0.15) is 5.69 Å². The van der Waals surface area contributed by atoms with E-state index in [1.165, 1.54) is 10.8 Å². The van der Waals surface area contributed by atoms with E-state index < -0.39 is 0 Å². The van der Waals surface area contributed by atoms with Gasteiger partial charge in [0.25, 0.3) is 0 Å². The van der Waals surface area contributed by atoms with Crippen LogP contribution in [-0.2, 0) is 0 Å². The summed E-state index contributed by atoms with van der Waals surface area (Å²) in [7, 11) is 0. The molecule has 1 aromatic heterocycles. The highest BCUT2D eigenvalue weighted by molar-refractivity contribution is 7.83. The minimum Gasteiger partial charge on any atom is -0.306 e. The first-order valence-corrected chi connectivity index (χ1v) is 5.90. The highest BCUT2D eigenvalue weighted by atomic mass is 32.1. The van der Waals surface area contributed by atoms with Gasteiger partial charge in [-0.1, -0.05) is 0 Å². The Hall–Kier alpha value is -0.720. The molecule has 6 heteroatoms. The Morgan fingerprint density at radius 3 is 2.88 bits per heavy atom. The third-order valence-electron chi connectivity index (χ3n) is 2.70. The summed E-state index contributed by atoms with van der Waals surface area (Å²) in [6.07, 6.45) is 3.96. The molecule has 2 rings (SSSR count). The number of aromatic nitrogens is 1. The average molecular weight is 256 g/mol. The maximum absolute atomic E-state index is 12.1. The molecule has 1 N–H and O–H groups in total. The van der Waals surface area contributed by atoms with E-state index in [1.807, 2.05) is 0 Å². The van der Waals surface area contributed by atoms with Gasteiger partial charge in [-0.25, -0.2) is 0 Å². The highest BCUT2D eigenvalue weighted by Crippen LogP contribution is 2.24. The van der Waals surface area contributed by atoms with Gasteiger partial charge in [-0.2, -0.15) is 0 Å². The molecule has 0 amide bonds. The minimum absolute atomic E-state index is 0.116. The molecule has 1 aliphatic heterocycles. The Bertz CT molecular complexity index is 436. The van der Waals surface area contributed by atoms with Crippen molar-refractivity contribution in [2.24, 2.45) is 0 Å². The zero-order chi connectivity index (χ0) is 11.7. The first kappa shape index (κ1) is 11.8. The molecule has 1 aromatic rings. The molecule has 1 saturated heterocycles. The molecule has 0 spiro atoms. The van der Waals surface area contributed by atoms with Crippen LogP contribution in [0.15, 0.2) is 16.0 Å². The minimum atomic E-state index is -0.202. The predicted molar refractivity (Wildman–Crippen MR) is 66.0 cm³/mol. The Morgan fingerprint density at radius 1 is 1.56 bits per heavy atom. The quantitative estimate of drug-likeness (QED) is 0.552. The fourth-order valence-electron chi connectivity index (χ4n) is 1.86. The molecular weight excluding hydrogens is 244 g/mol. The van der Waals surface area contributed by atoms with E-state index in [4.69, 9.17) is 0 Å². The fraction of sp³-hybridized carbons (Fsp3) is 0.400. The Balaban J connectivity index is 2.35. The molecule has 1 aliphatic rings. The van der Waals surface area contributed by atoms with Crippen LogP contribution in [0, 0.1) is 0 Å². The Labute approximate surface area is 104 Å². The normalized spacial score (nSPS) is 20.0. The number of carbonyl (C=O) groups is 2. The van der Waals surface area contributed by atoms with Crippen molar-refractivity contribution in [3.05, 3.63) is 11.9 Å². The molecule has 0 saturated carbocycles. The average Bonchev–Trinajstić information content (AvgIpc) is 2.88. The Kier molecular flexibility index (Phi) is 3.41. The number of rotatable bonds is 2. The number of nitrogens with zero attached hydrogens (tertiary/aromatic N) is 1. The van der Waals surface area contributed by atoms with Crippen molar-refractivity contribution in [2.45, 2.75) is 28.7 Å². The number of nitrogens with one attached hydrogen (secondary N) is 1. The monoisotopic (exact) mass is 256 g/mol. The molecule has 1 fully saturated rings. The fourth-order valence-corrected chi connectivity index (χ4v) is 2.30. The van der Waals surface area contributed by atoms with Crippen molar-refractivity contribution in [1.82, 2.24) is 9.88 Å². The summed E-state index contributed by atoms with van der Waals surface area (Å²) in [5.41, 5.74) is 0.270. The van der Waals surface area contributed by atoms with E-state index in [0.717, 1.165) is 19.4 Å². The van der Waals surface area contributed by atoms with E-state index >= 15 is 0 Å². The molecule has 0 radical (unpaired) electrons. The van der Waals surface area contributed by atoms with Crippen LogP contribution in [0.2, 0.25) is 0 Å². The maximum Gasteiger partial charge on any atom is 0.248 e. The van der Waals surface area contributed by atoms with Crippen LogP contribution in [0.3, 0.4) is 0 Å². The van der Waals surface area contributed by atoms with Gasteiger partial charge in [0.05, 0.1) is 6.04 Å². The number of aldehydes is 1. The molecule has 0 bridgehead atoms. The standard InChI is InChI=1S/C10H12N2O2S2/c13-5-7-9(16)8(15)4-12(7)10(14)6-2-1-3-11-6/h4-6,11,15-16H,1-3H2/t6-/m0/s1. The molecule has 16 heavy (non-hydrogen) atoms. The van der Waals surface area contributed by atoms with Gasteiger partial charge in [-0.15, -0.1) is 25.3 Å². The van der Waals surface area contributed by atoms with Crippen molar-refractivity contribution >= 4 is 37.5 Å². The number of carbonyl (C=O) groups excluding carboxylic acids is 2. The zero-order valence-corrected chi connectivity index (χ0v) is 10.3. The summed E-state index contributed by atoms with van der Waals surface area (Å²) in [6.45, 7) is 0.843. The second kappa shape index (κ2) is 4.65. The van der Waals surface area contributed by atoms with Crippen LogP contribution in [0.5, 0.6) is 0 Å². The van der Waals surface area contributed by atoms with E-state index in [0.29, 0.717) is 16.1 Å². The van der Waals surface area contributed by atoms with Crippen LogP contribution in [0.1, 0.15) is 28.1 Å². The lowest BCUT2D eigenvalue weighted by Crippen LogP contribution is -2.35. The second-order valence-electron chi connectivity index (χ2n) is 3.72. The topological polar surface area (TPSA) is 51.1 Å². The van der Waals surface area contributed by atoms with Gasteiger partial charge in [-0.3, -0.25) is 14.2 Å². The molecule has 2 heterocycles. The summed E-state index contributed by atoms with van der Waals surface area (Å²) < 4.78 is 1.33. The smallest absolute Gasteiger partial charge is 0.248 e. The largest absolute Gasteiger partial charge is 0.306 e. The van der Waals surface area contributed by atoms with Gasteiger partial charge in [0.2, 0.25) is 5.91 Å². The lowest BCUT2D eigenvalue weighted by Gasteiger charge is -2.10. The van der Waals surface area contributed by atoms with E-state index in [-0.39, 0.29) is 17.6 Å². The Morgan fingerprint density at radius 2 is 2.31 bits per heavy atom. The van der Waals surface area contributed by atoms with Gasteiger partial charge >= 0.3 is 0 Å². The molecule has 1 atom stereocenters. The summed E-state index contributed by atoms with van der Waals surface area (Å²) >= 11 is 8.30. The van der Waals surface area contributed by atoms with Gasteiger partial charge < -0.3 is 5.32 Å². The summed E-state index contributed by atoms with van der Waals surface area (Å²) in [5.74, 6) is -0.116. The molecule has 0 aromatic carbocycles. The van der Waals surface area contributed by atoms with Gasteiger partial charge in [0.15, 0.2) is 6.29 Å². The number of thiol groups is 2. The summed E-state index contributed by atoms with van der Waals surface area (Å²) in [5, 5.41) is 3.10. The predicted octanol–water partition coefficient (Wildman–Crippen LogP) is 1.27. The molecule has 0 aliphatic carbocycles. The number of hydrogen-bond donors (Lipinski definition) is 3. The SMILES string of the molecule is O=Cc1c(S)c(S)cn1C(=O)[C@@H]1CCCN1. The van der Waals surface area contributed by atoms with Crippen LogP contribution >= 0.6 is 25.3 Å². The van der Waals surface area contributed by atoms with Crippen molar-refractivity contribution < 1.29 is 9.59 Å². The van der Waals surface area contributed by atoms with Crippen LogP contribution in [-0.4, -0.2) is 29.3 Å². The van der Waals surface area contributed by atoms with Crippen molar-refractivity contribution in [2.75, 3.05) is 6.54 Å². The summed E-state index contributed by atoms with van der Waals surface area (Å²) in [4.78, 5) is 24.0. The van der Waals surface area contributed by atoms with Crippen LogP contribution in [0.25, 0.3) is 0 Å². The highest BCUT2D eigenvalue weighted by Gasteiger charge is 2.26. The van der Waals surface area contributed by atoms with Crippen LogP contribution < -0.4 is 5.32 Å². The third-order valence-corrected chi connectivity index (χ3v) is 3.69. The first-order chi connectivity index (χ1) is 7.65. The van der Waals surface area contributed by atoms with E-state index in [1.54, 1.807) is 0 Å². The van der Waals surface area contributed by atoms with Gasteiger partial charge in [-0.05, 0) is 19.4 Å². The van der Waals surface area contributed by atoms with Crippen molar-refractivity contribution in [1.29, 1.82) is 0 Å². The number of hydrogen-bond acceptors (Lipinski definition) is 5. The maximum atomic E-state index is 12.1. The molecular formula is C10H12N2O2S2. The molecule has 4 nitrogen and oxygen atoms in total. The summed E-state index contributed by atoms with van der Waals surface area (Å²) in [6, 6.07) is -0.202. The lowest BCUT2D eigenvalue weighted by atomic mass is 10.2. The first-order valence-electron chi connectivity index (χ1n) is 5.01. The second-order valence-corrected chi connectivity index (χ2v) is 4.65.